The molecule has 134 valence electrons. The van der Waals surface area contributed by atoms with E-state index in [4.69, 9.17) is 14.3 Å². The second kappa shape index (κ2) is 7.04. The van der Waals surface area contributed by atoms with Crippen LogP contribution in [0.1, 0.15) is 27.8 Å². The van der Waals surface area contributed by atoms with E-state index in [0.717, 1.165) is 22.3 Å². The SMILES string of the molecule is Cc1cc(OCC(=O)O)c2c(C)c(Cc3ccccc3C)c(=O)oc2c1. The Hall–Kier alpha value is -3.08. The summed E-state index contributed by atoms with van der Waals surface area (Å²) in [6.07, 6.45) is 0.447. The summed E-state index contributed by atoms with van der Waals surface area (Å²) in [7, 11) is 0. The molecular formula is C21H20O5. The van der Waals surface area contributed by atoms with Gasteiger partial charge in [-0.3, -0.25) is 0 Å². The molecule has 2 aromatic carbocycles. The Kier molecular flexibility index (Phi) is 4.80. The van der Waals surface area contributed by atoms with Crippen molar-refractivity contribution in [2.75, 3.05) is 6.61 Å². The van der Waals surface area contributed by atoms with Crippen molar-refractivity contribution in [1.29, 1.82) is 0 Å². The van der Waals surface area contributed by atoms with Gasteiger partial charge in [0.25, 0.3) is 0 Å². The molecule has 0 aliphatic heterocycles. The monoisotopic (exact) mass is 352 g/mol. The number of hydrogen-bond acceptors (Lipinski definition) is 4. The third-order valence-corrected chi connectivity index (χ3v) is 4.47. The van der Waals surface area contributed by atoms with Gasteiger partial charge in [-0.25, -0.2) is 9.59 Å². The molecule has 0 aliphatic rings. The summed E-state index contributed by atoms with van der Waals surface area (Å²) in [5.41, 5.74) is 4.29. The lowest BCUT2D eigenvalue weighted by molar-refractivity contribution is -0.139. The minimum atomic E-state index is -1.06. The summed E-state index contributed by atoms with van der Waals surface area (Å²) in [6.45, 7) is 5.22. The number of carboxylic acid groups (broad SMARTS) is 1. The first kappa shape index (κ1) is 17.7. The number of rotatable bonds is 5. The van der Waals surface area contributed by atoms with Gasteiger partial charge in [-0.1, -0.05) is 24.3 Å². The number of benzene rings is 2. The zero-order valence-electron chi connectivity index (χ0n) is 15.0. The lowest BCUT2D eigenvalue weighted by Gasteiger charge is -2.14. The fourth-order valence-corrected chi connectivity index (χ4v) is 3.09. The molecule has 3 aromatic rings. The molecule has 0 atom stereocenters. The molecule has 0 bridgehead atoms. The second-order valence-electron chi connectivity index (χ2n) is 6.41. The number of aliphatic carboxylic acids is 1. The minimum Gasteiger partial charge on any atom is -0.481 e. The summed E-state index contributed by atoms with van der Waals surface area (Å²) < 4.78 is 11.0. The Labute approximate surface area is 150 Å². The molecule has 0 aliphatic carbocycles. The number of aryl methyl sites for hydroxylation is 3. The predicted molar refractivity (Wildman–Crippen MR) is 99.1 cm³/mol. The molecule has 0 saturated carbocycles. The fraction of sp³-hybridized carbons (Fsp3) is 0.238. The number of fused-ring (bicyclic) bond motifs is 1. The number of carboxylic acids is 1. The summed E-state index contributed by atoms with van der Waals surface area (Å²) >= 11 is 0. The van der Waals surface area contributed by atoms with Crippen LogP contribution in [0.2, 0.25) is 0 Å². The summed E-state index contributed by atoms with van der Waals surface area (Å²) in [5.74, 6) is -0.649. The van der Waals surface area contributed by atoms with E-state index in [1.54, 1.807) is 12.1 Å². The lowest BCUT2D eigenvalue weighted by Crippen LogP contribution is -2.13. The maximum absolute atomic E-state index is 12.6. The van der Waals surface area contributed by atoms with Crippen LogP contribution in [-0.4, -0.2) is 17.7 Å². The fourth-order valence-electron chi connectivity index (χ4n) is 3.09. The first-order valence-electron chi connectivity index (χ1n) is 8.33. The van der Waals surface area contributed by atoms with Gasteiger partial charge in [0.1, 0.15) is 11.3 Å². The minimum absolute atomic E-state index is 0.381. The predicted octanol–water partition coefficient (Wildman–Crippen LogP) is 3.77. The highest BCUT2D eigenvalue weighted by atomic mass is 16.5. The van der Waals surface area contributed by atoms with E-state index in [0.29, 0.717) is 28.7 Å². The van der Waals surface area contributed by atoms with Gasteiger partial charge in [-0.15, -0.1) is 0 Å². The topological polar surface area (TPSA) is 76.7 Å². The Bertz CT molecular complexity index is 1050. The van der Waals surface area contributed by atoms with E-state index in [9.17, 15) is 9.59 Å². The van der Waals surface area contributed by atoms with Crippen molar-refractivity contribution in [1.82, 2.24) is 0 Å². The van der Waals surface area contributed by atoms with E-state index < -0.39 is 12.6 Å². The molecule has 5 nitrogen and oxygen atoms in total. The Balaban J connectivity index is 2.17. The largest absolute Gasteiger partial charge is 0.481 e. The molecular weight excluding hydrogens is 332 g/mol. The molecule has 0 radical (unpaired) electrons. The van der Waals surface area contributed by atoms with Crippen LogP contribution in [0.15, 0.2) is 45.6 Å². The molecule has 0 unspecified atom stereocenters. The molecule has 0 saturated heterocycles. The van der Waals surface area contributed by atoms with Gasteiger partial charge in [0.05, 0.1) is 5.39 Å². The highest BCUT2D eigenvalue weighted by Crippen LogP contribution is 2.31. The van der Waals surface area contributed by atoms with Crippen molar-refractivity contribution in [2.45, 2.75) is 27.2 Å². The van der Waals surface area contributed by atoms with Crippen molar-refractivity contribution in [2.24, 2.45) is 0 Å². The van der Waals surface area contributed by atoms with Gasteiger partial charge in [0, 0.05) is 12.0 Å². The van der Waals surface area contributed by atoms with Gasteiger partial charge in [0.2, 0.25) is 0 Å². The van der Waals surface area contributed by atoms with Crippen molar-refractivity contribution >= 4 is 16.9 Å². The van der Waals surface area contributed by atoms with Crippen LogP contribution >= 0.6 is 0 Å². The number of hydrogen-bond donors (Lipinski definition) is 1. The average Bonchev–Trinajstić information content (AvgIpc) is 2.57. The van der Waals surface area contributed by atoms with E-state index in [1.165, 1.54) is 0 Å². The van der Waals surface area contributed by atoms with Crippen molar-refractivity contribution in [3.05, 3.63) is 74.6 Å². The van der Waals surface area contributed by atoms with Crippen molar-refractivity contribution in [3.8, 4) is 5.75 Å². The molecule has 1 N–H and O–H groups in total. The summed E-state index contributed by atoms with van der Waals surface area (Å²) in [6, 6.07) is 11.4. The van der Waals surface area contributed by atoms with Gasteiger partial charge < -0.3 is 14.3 Å². The standard InChI is InChI=1S/C21H20O5/c1-12-8-17(25-11-19(22)23)20-14(3)16(21(24)26-18(20)9-12)10-15-7-5-4-6-13(15)2/h4-9H,10-11H2,1-3H3,(H,22,23). The molecule has 1 heterocycles. The highest BCUT2D eigenvalue weighted by Gasteiger charge is 2.17. The quantitative estimate of drug-likeness (QED) is 0.707. The smallest absolute Gasteiger partial charge is 0.341 e. The van der Waals surface area contributed by atoms with Crippen LogP contribution in [-0.2, 0) is 11.2 Å². The zero-order chi connectivity index (χ0) is 18.8. The van der Waals surface area contributed by atoms with Crippen LogP contribution in [0.5, 0.6) is 5.75 Å². The molecule has 0 fully saturated rings. The van der Waals surface area contributed by atoms with Gasteiger partial charge >= 0.3 is 11.6 Å². The van der Waals surface area contributed by atoms with E-state index in [-0.39, 0.29) is 5.63 Å². The first-order chi connectivity index (χ1) is 12.4. The van der Waals surface area contributed by atoms with Gasteiger partial charge in [-0.05, 0) is 55.2 Å². The Morgan fingerprint density at radius 1 is 1.15 bits per heavy atom. The van der Waals surface area contributed by atoms with Crippen LogP contribution in [0.4, 0.5) is 0 Å². The maximum Gasteiger partial charge on any atom is 0.341 e. The Morgan fingerprint density at radius 3 is 2.58 bits per heavy atom. The Morgan fingerprint density at radius 2 is 1.88 bits per heavy atom. The number of carbonyl (C=O) groups is 1. The van der Waals surface area contributed by atoms with E-state index in [2.05, 4.69) is 0 Å². The molecule has 0 amide bonds. The van der Waals surface area contributed by atoms with Crippen molar-refractivity contribution < 1.29 is 19.1 Å². The van der Waals surface area contributed by atoms with Gasteiger partial charge in [0.15, 0.2) is 6.61 Å². The third-order valence-electron chi connectivity index (χ3n) is 4.47. The van der Waals surface area contributed by atoms with E-state index in [1.807, 2.05) is 45.0 Å². The second-order valence-corrected chi connectivity index (χ2v) is 6.41. The normalized spacial score (nSPS) is 10.9. The number of ether oxygens (including phenoxy) is 1. The summed E-state index contributed by atoms with van der Waals surface area (Å²) in [5, 5.41) is 9.55. The van der Waals surface area contributed by atoms with Crippen LogP contribution in [0.3, 0.4) is 0 Å². The van der Waals surface area contributed by atoms with E-state index >= 15 is 0 Å². The highest BCUT2D eigenvalue weighted by molar-refractivity contribution is 5.88. The van der Waals surface area contributed by atoms with Crippen LogP contribution < -0.4 is 10.4 Å². The van der Waals surface area contributed by atoms with Gasteiger partial charge in [-0.2, -0.15) is 0 Å². The summed E-state index contributed by atoms with van der Waals surface area (Å²) in [4.78, 5) is 23.4. The average molecular weight is 352 g/mol. The van der Waals surface area contributed by atoms with Crippen LogP contribution in [0, 0.1) is 20.8 Å². The first-order valence-corrected chi connectivity index (χ1v) is 8.33. The molecule has 1 aromatic heterocycles. The molecule has 3 rings (SSSR count). The molecule has 26 heavy (non-hydrogen) atoms. The molecule has 5 heteroatoms. The zero-order valence-corrected chi connectivity index (χ0v) is 15.0. The van der Waals surface area contributed by atoms with Crippen molar-refractivity contribution in [3.63, 3.8) is 0 Å². The third kappa shape index (κ3) is 3.47. The lowest BCUT2D eigenvalue weighted by atomic mass is 9.96. The molecule has 0 spiro atoms. The van der Waals surface area contributed by atoms with Crippen LogP contribution in [0.25, 0.3) is 11.0 Å². The maximum atomic E-state index is 12.6.